The minimum atomic E-state index is -0.284. The van der Waals surface area contributed by atoms with Gasteiger partial charge >= 0.3 is 0 Å². The van der Waals surface area contributed by atoms with Gasteiger partial charge in [0, 0.05) is 11.1 Å². The maximum atomic E-state index is 8.96. The molecule has 156 valence electrons. The first-order valence-electron chi connectivity index (χ1n) is 10.1. The number of pyridine rings is 2. The number of aryl methyl sites for hydroxylation is 2. The van der Waals surface area contributed by atoms with Crippen LogP contribution < -0.4 is 0 Å². The standard InChI is InChI=1S/C23H27N5O2/c1-16-11-12-18-7-5-10-21(22(18)25-16)28-30-15-23(3,4)14-29-27-17(2)20-9-6-8-19(13-24)26-20/h6,8-9,11-12H,5,7,10,14-15H2,1-4H3/b27-17-,28-21+. The van der Waals surface area contributed by atoms with Crippen molar-refractivity contribution >= 4 is 11.4 Å². The average Bonchev–Trinajstić information content (AvgIpc) is 2.73. The second-order valence-electron chi connectivity index (χ2n) is 8.26. The lowest BCUT2D eigenvalue weighted by molar-refractivity contribution is -0.000158. The zero-order valence-electron chi connectivity index (χ0n) is 18.0. The first-order chi connectivity index (χ1) is 14.4. The summed E-state index contributed by atoms with van der Waals surface area (Å²) >= 11 is 0. The van der Waals surface area contributed by atoms with E-state index in [-0.39, 0.29) is 5.41 Å². The maximum Gasteiger partial charge on any atom is 0.141 e. The molecule has 30 heavy (non-hydrogen) atoms. The minimum Gasteiger partial charge on any atom is -0.395 e. The zero-order chi connectivity index (χ0) is 21.6. The molecule has 0 aromatic carbocycles. The van der Waals surface area contributed by atoms with Crippen LogP contribution in [0, 0.1) is 23.7 Å². The summed E-state index contributed by atoms with van der Waals surface area (Å²) in [6, 6.07) is 11.4. The van der Waals surface area contributed by atoms with E-state index in [1.165, 1.54) is 5.56 Å². The fraction of sp³-hybridized carbons (Fsp3) is 0.435. The van der Waals surface area contributed by atoms with Gasteiger partial charge in [0.1, 0.15) is 36.4 Å². The van der Waals surface area contributed by atoms with Gasteiger partial charge in [-0.2, -0.15) is 5.26 Å². The lowest BCUT2D eigenvalue weighted by atomic mass is 9.94. The SMILES string of the molecule is C/C(=N/OCC(C)(C)CO/N=C1\CCCc2ccc(C)nc21)c1cccc(C#N)n1. The Morgan fingerprint density at radius 2 is 1.93 bits per heavy atom. The van der Waals surface area contributed by atoms with Crippen LogP contribution in [0.15, 0.2) is 40.6 Å². The maximum absolute atomic E-state index is 8.96. The first kappa shape index (κ1) is 21.4. The highest BCUT2D eigenvalue weighted by molar-refractivity contribution is 6.00. The van der Waals surface area contributed by atoms with Crippen LogP contribution in [0.1, 0.15) is 62.0 Å². The van der Waals surface area contributed by atoms with E-state index in [2.05, 4.69) is 26.3 Å². The van der Waals surface area contributed by atoms with Crippen LogP contribution >= 0.6 is 0 Å². The van der Waals surface area contributed by atoms with Gasteiger partial charge < -0.3 is 9.68 Å². The van der Waals surface area contributed by atoms with Gasteiger partial charge in [-0.25, -0.2) is 4.98 Å². The van der Waals surface area contributed by atoms with Gasteiger partial charge in [-0.1, -0.05) is 36.3 Å². The number of rotatable bonds is 7. The van der Waals surface area contributed by atoms with Crippen molar-refractivity contribution < 1.29 is 9.68 Å². The third-order valence-corrected chi connectivity index (χ3v) is 4.77. The molecule has 0 radical (unpaired) electrons. The summed E-state index contributed by atoms with van der Waals surface area (Å²) in [7, 11) is 0. The van der Waals surface area contributed by atoms with Crippen LogP contribution in [0.5, 0.6) is 0 Å². The van der Waals surface area contributed by atoms with Crippen molar-refractivity contribution in [2.24, 2.45) is 15.7 Å². The Labute approximate surface area is 177 Å². The predicted molar refractivity (Wildman–Crippen MR) is 115 cm³/mol. The van der Waals surface area contributed by atoms with E-state index in [4.69, 9.17) is 14.9 Å². The van der Waals surface area contributed by atoms with Crippen molar-refractivity contribution in [3.05, 3.63) is 58.7 Å². The van der Waals surface area contributed by atoms with E-state index >= 15 is 0 Å². The van der Waals surface area contributed by atoms with Gasteiger partial charge in [0.25, 0.3) is 0 Å². The van der Waals surface area contributed by atoms with Crippen molar-refractivity contribution in [1.82, 2.24) is 9.97 Å². The summed E-state index contributed by atoms with van der Waals surface area (Å²) in [6.07, 6.45) is 2.96. The fourth-order valence-electron chi connectivity index (χ4n) is 3.07. The molecule has 0 aliphatic heterocycles. The number of aromatic nitrogens is 2. The molecule has 2 heterocycles. The molecule has 2 aromatic rings. The fourth-order valence-corrected chi connectivity index (χ4v) is 3.07. The van der Waals surface area contributed by atoms with Gasteiger partial charge in [0.2, 0.25) is 0 Å². The lowest BCUT2D eigenvalue weighted by Gasteiger charge is -2.22. The number of nitriles is 1. The predicted octanol–water partition coefficient (Wildman–Crippen LogP) is 4.18. The van der Waals surface area contributed by atoms with Crippen molar-refractivity contribution in [2.45, 2.75) is 47.0 Å². The number of nitrogens with zero attached hydrogens (tertiary/aromatic N) is 5. The third kappa shape index (κ3) is 5.63. The van der Waals surface area contributed by atoms with E-state index in [9.17, 15) is 0 Å². The van der Waals surface area contributed by atoms with Crippen molar-refractivity contribution in [2.75, 3.05) is 13.2 Å². The van der Waals surface area contributed by atoms with E-state index in [1.54, 1.807) is 25.1 Å². The molecule has 1 aliphatic rings. The molecule has 7 nitrogen and oxygen atoms in total. The Morgan fingerprint density at radius 1 is 1.13 bits per heavy atom. The summed E-state index contributed by atoms with van der Waals surface area (Å²) in [5.74, 6) is 0. The molecule has 1 aliphatic carbocycles. The zero-order valence-corrected chi connectivity index (χ0v) is 18.0. The average molecular weight is 406 g/mol. The van der Waals surface area contributed by atoms with Crippen LogP contribution in [0.25, 0.3) is 0 Å². The highest BCUT2D eigenvalue weighted by Gasteiger charge is 2.22. The monoisotopic (exact) mass is 405 g/mol. The molecule has 0 saturated carbocycles. The number of fused-ring (bicyclic) bond motifs is 1. The minimum absolute atomic E-state index is 0.284. The van der Waals surface area contributed by atoms with E-state index in [1.807, 2.05) is 32.9 Å². The molecule has 0 saturated heterocycles. The summed E-state index contributed by atoms with van der Waals surface area (Å²) in [4.78, 5) is 20.1. The lowest BCUT2D eigenvalue weighted by Crippen LogP contribution is -2.24. The molecule has 2 aromatic heterocycles. The normalized spacial score (nSPS) is 15.4. The Kier molecular flexibility index (Phi) is 6.78. The summed E-state index contributed by atoms with van der Waals surface area (Å²) in [5, 5.41) is 17.5. The molecule has 0 atom stereocenters. The number of oxime groups is 2. The molecule has 0 N–H and O–H groups in total. The number of hydrogen-bond donors (Lipinski definition) is 0. The molecule has 0 unspecified atom stereocenters. The topological polar surface area (TPSA) is 92.8 Å². The Morgan fingerprint density at radius 3 is 2.73 bits per heavy atom. The molecular formula is C23H27N5O2. The van der Waals surface area contributed by atoms with Crippen LogP contribution in [0.3, 0.4) is 0 Å². The molecule has 0 bridgehead atoms. The molecule has 7 heteroatoms. The Hall–Kier alpha value is -3.27. The molecular weight excluding hydrogens is 378 g/mol. The van der Waals surface area contributed by atoms with E-state index < -0.39 is 0 Å². The van der Waals surface area contributed by atoms with Gasteiger partial charge in [-0.05, 0) is 56.9 Å². The second-order valence-corrected chi connectivity index (χ2v) is 8.26. The molecule has 0 amide bonds. The molecule has 0 spiro atoms. The van der Waals surface area contributed by atoms with Crippen LogP contribution in [0.2, 0.25) is 0 Å². The quantitative estimate of drug-likeness (QED) is 0.509. The van der Waals surface area contributed by atoms with Gasteiger partial charge in [-0.15, -0.1) is 0 Å². The van der Waals surface area contributed by atoms with Gasteiger partial charge in [0.05, 0.1) is 11.4 Å². The molecule has 3 rings (SSSR count). The van der Waals surface area contributed by atoms with Gasteiger partial charge in [0.15, 0.2) is 0 Å². The summed E-state index contributed by atoms with van der Waals surface area (Å²) < 4.78 is 0. The van der Waals surface area contributed by atoms with Crippen molar-refractivity contribution in [3.8, 4) is 6.07 Å². The first-order valence-corrected chi connectivity index (χ1v) is 10.1. The van der Waals surface area contributed by atoms with E-state index in [0.717, 1.165) is 36.4 Å². The summed E-state index contributed by atoms with van der Waals surface area (Å²) in [6.45, 7) is 8.61. The van der Waals surface area contributed by atoms with Crippen LogP contribution in [0.4, 0.5) is 0 Å². The highest BCUT2D eigenvalue weighted by Crippen LogP contribution is 2.22. The summed E-state index contributed by atoms with van der Waals surface area (Å²) in [5.41, 5.74) is 5.39. The Bertz CT molecular complexity index is 1000. The number of hydrogen-bond acceptors (Lipinski definition) is 7. The molecule has 0 fully saturated rings. The smallest absolute Gasteiger partial charge is 0.141 e. The third-order valence-electron chi connectivity index (χ3n) is 4.77. The van der Waals surface area contributed by atoms with Crippen molar-refractivity contribution in [3.63, 3.8) is 0 Å². The second kappa shape index (κ2) is 9.49. The van der Waals surface area contributed by atoms with E-state index in [0.29, 0.717) is 30.3 Å². The Balaban J connectivity index is 1.55. The van der Waals surface area contributed by atoms with Crippen LogP contribution in [-0.2, 0) is 16.1 Å². The van der Waals surface area contributed by atoms with Crippen LogP contribution in [-0.4, -0.2) is 34.6 Å². The highest BCUT2D eigenvalue weighted by atomic mass is 16.6. The van der Waals surface area contributed by atoms with Crippen molar-refractivity contribution in [1.29, 1.82) is 5.26 Å². The largest absolute Gasteiger partial charge is 0.395 e. The van der Waals surface area contributed by atoms with Gasteiger partial charge in [-0.3, -0.25) is 4.98 Å².